The highest BCUT2D eigenvalue weighted by Gasteiger charge is 2.36. The largest absolute Gasteiger partial charge is 0.494 e. The van der Waals surface area contributed by atoms with Gasteiger partial charge < -0.3 is 14.6 Å². The third-order valence-electron chi connectivity index (χ3n) is 5.75. The van der Waals surface area contributed by atoms with Crippen molar-refractivity contribution < 1.29 is 18.4 Å². The Labute approximate surface area is 205 Å². The van der Waals surface area contributed by atoms with E-state index in [0.29, 0.717) is 30.0 Å². The second kappa shape index (κ2) is 9.71. The van der Waals surface area contributed by atoms with Crippen molar-refractivity contribution in [1.82, 2.24) is 20.4 Å². The van der Waals surface area contributed by atoms with Crippen molar-refractivity contribution in [3.05, 3.63) is 93.9 Å². The van der Waals surface area contributed by atoms with Crippen LogP contribution in [0, 0.1) is 5.82 Å². The zero-order chi connectivity index (χ0) is 24.4. The van der Waals surface area contributed by atoms with Crippen molar-refractivity contribution in [2.45, 2.75) is 26.4 Å². The minimum absolute atomic E-state index is 0.219. The fourth-order valence-electron chi connectivity index (χ4n) is 4.06. The minimum Gasteiger partial charge on any atom is -0.494 e. The molecule has 1 aliphatic rings. The van der Waals surface area contributed by atoms with Gasteiger partial charge in [0, 0.05) is 16.1 Å². The number of allylic oxidation sites excluding steroid dienone is 1. The first kappa shape index (κ1) is 22.8. The summed E-state index contributed by atoms with van der Waals surface area (Å²) in [5.74, 6) is 0.887. The van der Waals surface area contributed by atoms with Gasteiger partial charge in [0.15, 0.2) is 0 Å². The molecule has 0 saturated carbocycles. The van der Waals surface area contributed by atoms with Crippen LogP contribution in [0.5, 0.6) is 5.75 Å². The maximum atomic E-state index is 13.8. The molecule has 1 N–H and O–H groups in total. The van der Waals surface area contributed by atoms with Crippen molar-refractivity contribution in [2.24, 2.45) is 0 Å². The molecule has 2 aromatic heterocycles. The maximum Gasteiger partial charge on any atom is 0.322 e. The Morgan fingerprint density at radius 2 is 2.00 bits per heavy atom. The molecular weight excluding hydrogens is 467 g/mol. The Bertz CT molecular complexity index is 1370. The lowest BCUT2D eigenvalue weighted by atomic mass is 9.94. The number of carbonyl (C=O) groups excluding carboxylic acids is 1. The van der Waals surface area contributed by atoms with E-state index in [4.69, 9.17) is 9.26 Å². The Balaban J connectivity index is 1.58. The number of thiophene rings is 1. The third-order valence-corrected chi connectivity index (χ3v) is 6.62. The number of rotatable bonds is 7. The van der Waals surface area contributed by atoms with E-state index in [1.54, 1.807) is 28.4 Å². The second-order valence-electron chi connectivity index (χ2n) is 7.98. The van der Waals surface area contributed by atoms with E-state index in [0.717, 1.165) is 16.2 Å². The SMILES string of the molecule is CCOc1ccc(C2NC(=O)N(Cc3cccs3)C(C)=C2c2nc(-c3cccc(F)c3)no2)cc1. The second-order valence-corrected chi connectivity index (χ2v) is 9.01. The predicted octanol–water partition coefficient (Wildman–Crippen LogP) is 6.03. The highest BCUT2D eigenvalue weighted by Crippen LogP contribution is 2.38. The number of halogens is 1. The zero-order valence-electron chi connectivity index (χ0n) is 19.2. The van der Waals surface area contributed by atoms with Crippen LogP contribution in [0.25, 0.3) is 17.0 Å². The van der Waals surface area contributed by atoms with Crippen molar-refractivity contribution >= 4 is 22.9 Å². The number of urea groups is 1. The van der Waals surface area contributed by atoms with Crippen LogP contribution in [0.4, 0.5) is 9.18 Å². The van der Waals surface area contributed by atoms with Gasteiger partial charge in [0.25, 0.3) is 5.89 Å². The summed E-state index contributed by atoms with van der Waals surface area (Å²) >= 11 is 1.58. The molecule has 0 saturated heterocycles. The van der Waals surface area contributed by atoms with Gasteiger partial charge in [0.1, 0.15) is 11.6 Å². The van der Waals surface area contributed by atoms with Gasteiger partial charge >= 0.3 is 6.03 Å². The van der Waals surface area contributed by atoms with Gasteiger partial charge in [0.2, 0.25) is 5.82 Å². The standard InChI is InChI=1S/C26H23FN4O3S/c1-3-33-20-11-9-17(10-12-20)23-22(16(2)31(26(32)28-23)15-21-8-5-13-35-21)25-29-24(30-34-25)18-6-4-7-19(27)14-18/h4-14,23H,3,15H2,1-2H3,(H,28,32). The molecular formula is C26H23FN4O3S. The highest BCUT2D eigenvalue weighted by atomic mass is 32.1. The molecule has 1 atom stereocenters. The van der Waals surface area contributed by atoms with Gasteiger partial charge in [-0.15, -0.1) is 11.3 Å². The molecule has 3 heterocycles. The summed E-state index contributed by atoms with van der Waals surface area (Å²) in [6.45, 7) is 4.77. The number of nitrogens with one attached hydrogen (secondary N) is 1. The number of hydrogen-bond donors (Lipinski definition) is 1. The zero-order valence-corrected chi connectivity index (χ0v) is 20.0. The van der Waals surface area contributed by atoms with Gasteiger partial charge in [-0.25, -0.2) is 9.18 Å². The lowest BCUT2D eigenvalue weighted by molar-refractivity contribution is 0.203. The molecule has 4 aromatic rings. The van der Waals surface area contributed by atoms with Crippen molar-refractivity contribution in [3.63, 3.8) is 0 Å². The van der Waals surface area contributed by atoms with Gasteiger partial charge in [0.05, 0.1) is 24.8 Å². The van der Waals surface area contributed by atoms with Gasteiger partial charge in [-0.3, -0.25) is 4.90 Å². The van der Waals surface area contributed by atoms with Crippen molar-refractivity contribution in [1.29, 1.82) is 0 Å². The van der Waals surface area contributed by atoms with Crippen LogP contribution >= 0.6 is 11.3 Å². The average Bonchev–Trinajstić information content (AvgIpc) is 3.55. The maximum absolute atomic E-state index is 13.8. The number of hydrogen-bond acceptors (Lipinski definition) is 6. The number of benzene rings is 2. The molecule has 9 heteroatoms. The summed E-state index contributed by atoms with van der Waals surface area (Å²) in [7, 11) is 0. The molecule has 5 rings (SSSR count). The summed E-state index contributed by atoms with van der Waals surface area (Å²) in [5.41, 5.74) is 2.74. The number of nitrogens with zero attached hydrogens (tertiary/aromatic N) is 3. The fourth-order valence-corrected chi connectivity index (χ4v) is 4.75. The first-order valence-corrected chi connectivity index (χ1v) is 12.1. The first-order chi connectivity index (χ1) is 17.0. The topological polar surface area (TPSA) is 80.5 Å². The normalized spacial score (nSPS) is 15.9. The molecule has 0 fully saturated rings. The predicted molar refractivity (Wildman–Crippen MR) is 131 cm³/mol. The van der Waals surface area contributed by atoms with Crippen LogP contribution in [0.2, 0.25) is 0 Å². The average molecular weight is 491 g/mol. The Morgan fingerprint density at radius 3 is 2.71 bits per heavy atom. The Morgan fingerprint density at radius 1 is 1.17 bits per heavy atom. The molecule has 0 spiro atoms. The molecule has 1 unspecified atom stereocenters. The smallest absolute Gasteiger partial charge is 0.322 e. The summed E-state index contributed by atoms with van der Waals surface area (Å²) < 4.78 is 25.0. The van der Waals surface area contributed by atoms with E-state index in [9.17, 15) is 9.18 Å². The number of amides is 2. The van der Waals surface area contributed by atoms with E-state index in [2.05, 4.69) is 15.5 Å². The molecule has 178 valence electrons. The molecule has 1 aliphatic heterocycles. The monoisotopic (exact) mass is 490 g/mol. The van der Waals surface area contributed by atoms with Crippen molar-refractivity contribution in [2.75, 3.05) is 6.61 Å². The lowest BCUT2D eigenvalue weighted by Crippen LogP contribution is -2.45. The van der Waals surface area contributed by atoms with Crippen LogP contribution in [0.3, 0.4) is 0 Å². The van der Waals surface area contributed by atoms with E-state index in [1.807, 2.05) is 55.6 Å². The highest BCUT2D eigenvalue weighted by molar-refractivity contribution is 7.09. The van der Waals surface area contributed by atoms with Crippen LogP contribution in [-0.2, 0) is 6.54 Å². The molecule has 0 aliphatic carbocycles. The molecule has 35 heavy (non-hydrogen) atoms. The van der Waals surface area contributed by atoms with E-state index in [-0.39, 0.29) is 23.6 Å². The van der Waals surface area contributed by atoms with Crippen molar-refractivity contribution in [3.8, 4) is 17.1 Å². The van der Waals surface area contributed by atoms with Gasteiger partial charge in [-0.05, 0) is 55.1 Å². The number of ether oxygens (including phenoxy) is 1. The molecule has 2 aromatic carbocycles. The van der Waals surface area contributed by atoms with Crippen LogP contribution in [0.1, 0.15) is 36.2 Å². The van der Waals surface area contributed by atoms with Gasteiger partial charge in [-0.2, -0.15) is 4.98 Å². The summed E-state index contributed by atoms with van der Waals surface area (Å²) in [6, 6.07) is 16.8. The molecule has 0 bridgehead atoms. The lowest BCUT2D eigenvalue weighted by Gasteiger charge is -2.35. The van der Waals surface area contributed by atoms with Crippen LogP contribution in [0.15, 0.2) is 76.3 Å². The number of aromatic nitrogens is 2. The third kappa shape index (κ3) is 4.67. The first-order valence-electron chi connectivity index (χ1n) is 11.2. The summed E-state index contributed by atoms with van der Waals surface area (Å²) in [6.07, 6.45) is 0. The number of carbonyl (C=O) groups is 1. The van der Waals surface area contributed by atoms with E-state index in [1.165, 1.54) is 12.1 Å². The van der Waals surface area contributed by atoms with Crippen LogP contribution < -0.4 is 10.1 Å². The van der Waals surface area contributed by atoms with E-state index < -0.39 is 6.04 Å². The molecule has 0 radical (unpaired) electrons. The summed E-state index contributed by atoms with van der Waals surface area (Å²) in [4.78, 5) is 20.5. The Hall–Kier alpha value is -3.98. The summed E-state index contributed by atoms with van der Waals surface area (Å²) in [5, 5.41) is 9.15. The fraction of sp³-hybridized carbons (Fsp3) is 0.192. The van der Waals surface area contributed by atoms with Gasteiger partial charge in [-0.1, -0.05) is 35.5 Å². The quantitative estimate of drug-likeness (QED) is 0.342. The van der Waals surface area contributed by atoms with Crippen LogP contribution in [-0.4, -0.2) is 27.7 Å². The molecule has 2 amide bonds. The van der Waals surface area contributed by atoms with E-state index >= 15 is 0 Å². The minimum atomic E-state index is -0.515. The molecule has 7 nitrogen and oxygen atoms in total. The Kier molecular flexibility index (Phi) is 6.33.